The maximum absolute atomic E-state index is 13.4. The minimum absolute atomic E-state index is 0.0472. The molecule has 12 heteroatoms. The zero-order valence-electron chi connectivity index (χ0n) is 20.0. The summed E-state index contributed by atoms with van der Waals surface area (Å²) in [4.78, 5) is 59.1. The number of carbonyl (C=O) groups is 3. The predicted molar refractivity (Wildman–Crippen MR) is 127 cm³/mol. The third-order valence-corrected chi connectivity index (χ3v) is 6.50. The average Bonchev–Trinajstić information content (AvgIpc) is 3.45. The van der Waals surface area contributed by atoms with E-state index in [1.54, 1.807) is 18.0 Å². The molecule has 0 spiro atoms. The number of amides is 3. The van der Waals surface area contributed by atoms with Crippen LogP contribution in [0.3, 0.4) is 0 Å². The van der Waals surface area contributed by atoms with Crippen molar-refractivity contribution in [3.8, 4) is 0 Å². The Bertz CT molecular complexity index is 1420. The van der Waals surface area contributed by atoms with Crippen LogP contribution in [0.5, 0.6) is 0 Å². The average molecular weight is 496 g/mol. The standard InChI is InChI=1S/C24H26FN7O4/c1-3-16-8-20-31(12-19(33)27-18-7-6-15(25)9-26-18)22-17(23(35)32(20)28-16)11-30(24(22)36)13-21(34)29(2)10-14-4-5-14/h6-9,14H,3-5,10-13H2,1-2H3,(H,26,27,33). The Labute approximate surface area is 205 Å². The van der Waals surface area contributed by atoms with E-state index in [9.17, 15) is 23.6 Å². The number of halogens is 1. The minimum Gasteiger partial charge on any atom is -0.344 e. The number of aryl methyl sites for hydroxylation is 1. The van der Waals surface area contributed by atoms with Crippen molar-refractivity contribution in [3.63, 3.8) is 0 Å². The second-order valence-electron chi connectivity index (χ2n) is 9.27. The Balaban J connectivity index is 1.46. The van der Waals surface area contributed by atoms with Gasteiger partial charge in [0.05, 0.1) is 24.0 Å². The molecule has 5 rings (SSSR count). The van der Waals surface area contributed by atoms with E-state index in [-0.39, 0.29) is 42.6 Å². The van der Waals surface area contributed by atoms with E-state index in [1.807, 2.05) is 6.92 Å². The molecule has 1 N–H and O–H groups in total. The second kappa shape index (κ2) is 9.17. The Morgan fingerprint density at radius 1 is 1.22 bits per heavy atom. The van der Waals surface area contributed by atoms with E-state index >= 15 is 0 Å². The van der Waals surface area contributed by atoms with Crippen molar-refractivity contribution in [2.75, 3.05) is 25.5 Å². The first-order valence-corrected chi connectivity index (χ1v) is 11.8. The molecule has 3 amide bonds. The molecule has 1 saturated carbocycles. The van der Waals surface area contributed by atoms with Crippen LogP contribution in [-0.4, -0.2) is 66.8 Å². The molecule has 188 valence electrons. The number of aromatic nitrogens is 4. The summed E-state index contributed by atoms with van der Waals surface area (Å²) in [5.41, 5.74) is 0.723. The highest BCUT2D eigenvalue weighted by Crippen LogP contribution is 2.29. The predicted octanol–water partition coefficient (Wildman–Crippen LogP) is 1.06. The number of nitrogens with zero attached hydrogens (tertiary/aromatic N) is 6. The molecule has 0 saturated heterocycles. The van der Waals surface area contributed by atoms with Crippen molar-refractivity contribution in [3.05, 3.63) is 57.5 Å². The van der Waals surface area contributed by atoms with Gasteiger partial charge in [0.1, 0.15) is 36.1 Å². The molecule has 0 bridgehead atoms. The molecule has 3 aromatic heterocycles. The third kappa shape index (κ3) is 4.45. The summed E-state index contributed by atoms with van der Waals surface area (Å²) in [7, 11) is 1.71. The van der Waals surface area contributed by atoms with Gasteiger partial charge in [0.25, 0.3) is 11.5 Å². The van der Waals surface area contributed by atoms with Gasteiger partial charge in [-0.1, -0.05) is 6.92 Å². The lowest BCUT2D eigenvalue weighted by Gasteiger charge is -2.21. The normalized spacial score (nSPS) is 14.9. The molecule has 1 aliphatic heterocycles. The van der Waals surface area contributed by atoms with Crippen molar-refractivity contribution in [1.29, 1.82) is 0 Å². The fourth-order valence-corrected chi connectivity index (χ4v) is 4.38. The fraction of sp³-hybridized carbons (Fsp3) is 0.417. The van der Waals surface area contributed by atoms with Crippen LogP contribution in [0.2, 0.25) is 0 Å². The first-order chi connectivity index (χ1) is 17.2. The number of likely N-dealkylation sites (N-methyl/N-ethyl adjacent to an activating group) is 1. The van der Waals surface area contributed by atoms with E-state index < -0.39 is 23.2 Å². The molecular formula is C24H26FN7O4. The molecule has 4 heterocycles. The van der Waals surface area contributed by atoms with Crippen LogP contribution in [0.4, 0.5) is 10.2 Å². The molecule has 1 fully saturated rings. The summed E-state index contributed by atoms with van der Waals surface area (Å²) in [5, 5.41) is 6.92. The number of rotatable bonds is 8. The minimum atomic E-state index is -0.540. The maximum Gasteiger partial charge on any atom is 0.280 e. The van der Waals surface area contributed by atoms with Crippen molar-refractivity contribution in [2.24, 2.45) is 5.92 Å². The number of anilines is 1. The molecule has 0 radical (unpaired) electrons. The van der Waals surface area contributed by atoms with Crippen LogP contribution >= 0.6 is 0 Å². The highest BCUT2D eigenvalue weighted by molar-refractivity contribution is 6.00. The Kier molecular flexibility index (Phi) is 6.02. The third-order valence-electron chi connectivity index (χ3n) is 6.50. The van der Waals surface area contributed by atoms with Gasteiger partial charge in [0.15, 0.2) is 0 Å². The Morgan fingerprint density at radius 3 is 2.67 bits per heavy atom. The summed E-state index contributed by atoms with van der Waals surface area (Å²) >= 11 is 0. The van der Waals surface area contributed by atoms with Crippen LogP contribution in [0.25, 0.3) is 5.65 Å². The van der Waals surface area contributed by atoms with E-state index in [0.717, 1.165) is 19.0 Å². The highest BCUT2D eigenvalue weighted by Gasteiger charge is 2.37. The molecule has 1 aliphatic carbocycles. The van der Waals surface area contributed by atoms with Crippen molar-refractivity contribution >= 4 is 29.2 Å². The number of pyridine rings is 1. The molecule has 11 nitrogen and oxygen atoms in total. The zero-order chi connectivity index (χ0) is 25.6. The van der Waals surface area contributed by atoms with Crippen molar-refractivity contribution < 1.29 is 18.8 Å². The molecule has 0 atom stereocenters. The van der Waals surface area contributed by atoms with Crippen LogP contribution < -0.4 is 10.9 Å². The van der Waals surface area contributed by atoms with E-state index in [2.05, 4.69) is 15.4 Å². The zero-order valence-corrected chi connectivity index (χ0v) is 20.0. The summed E-state index contributed by atoms with van der Waals surface area (Å²) < 4.78 is 15.8. The van der Waals surface area contributed by atoms with E-state index in [1.165, 1.54) is 26.1 Å². The highest BCUT2D eigenvalue weighted by atomic mass is 19.1. The van der Waals surface area contributed by atoms with Crippen LogP contribution in [-0.2, 0) is 29.1 Å². The fourth-order valence-electron chi connectivity index (χ4n) is 4.38. The van der Waals surface area contributed by atoms with E-state index in [4.69, 9.17) is 0 Å². The van der Waals surface area contributed by atoms with Gasteiger partial charge < -0.3 is 19.7 Å². The number of hydrogen-bond acceptors (Lipinski definition) is 6. The number of fused-ring (bicyclic) bond motifs is 2. The quantitative estimate of drug-likeness (QED) is 0.499. The first kappa shape index (κ1) is 23.6. The van der Waals surface area contributed by atoms with Gasteiger partial charge in [-0.05, 0) is 37.3 Å². The van der Waals surface area contributed by atoms with Gasteiger partial charge in [-0.15, -0.1) is 0 Å². The molecule has 0 aromatic carbocycles. The summed E-state index contributed by atoms with van der Waals surface area (Å²) in [6.45, 7) is 2.01. The summed E-state index contributed by atoms with van der Waals surface area (Å²) in [5.74, 6) is -1.11. The number of hydrogen-bond donors (Lipinski definition) is 1. The lowest BCUT2D eigenvalue weighted by Crippen LogP contribution is -2.39. The summed E-state index contributed by atoms with van der Waals surface area (Å²) in [6, 6.07) is 4.15. The lowest BCUT2D eigenvalue weighted by atomic mass is 10.2. The van der Waals surface area contributed by atoms with Gasteiger partial charge in [0, 0.05) is 19.7 Å². The molecular weight excluding hydrogens is 469 g/mol. The first-order valence-electron chi connectivity index (χ1n) is 11.8. The number of carbonyl (C=O) groups excluding carboxylic acids is 3. The molecule has 36 heavy (non-hydrogen) atoms. The lowest BCUT2D eigenvalue weighted by molar-refractivity contribution is -0.130. The van der Waals surface area contributed by atoms with Crippen LogP contribution in [0, 0.1) is 11.7 Å². The topological polar surface area (TPSA) is 122 Å². The maximum atomic E-state index is 13.4. The Hall–Kier alpha value is -4.09. The van der Waals surface area contributed by atoms with E-state index in [0.29, 0.717) is 30.2 Å². The van der Waals surface area contributed by atoms with Crippen molar-refractivity contribution in [2.45, 2.75) is 39.3 Å². The summed E-state index contributed by atoms with van der Waals surface area (Å²) in [6.07, 6.45) is 3.73. The van der Waals surface area contributed by atoms with Gasteiger partial charge >= 0.3 is 0 Å². The Morgan fingerprint density at radius 2 is 2.00 bits per heavy atom. The molecule has 2 aliphatic rings. The largest absolute Gasteiger partial charge is 0.344 e. The molecule has 3 aromatic rings. The molecule has 0 unspecified atom stereocenters. The SMILES string of the molecule is CCc1cc2n(CC(=O)Nc3ccc(F)cn3)c3c(c(=O)n2n1)CN(CC(=O)N(C)CC1CC1)C3=O. The second-order valence-corrected chi connectivity index (χ2v) is 9.27. The van der Waals surface area contributed by atoms with Gasteiger partial charge in [-0.3, -0.25) is 19.2 Å². The van der Waals surface area contributed by atoms with Gasteiger partial charge in [0.2, 0.25) is 11.8 Å². The monoisotopic (exact) mass is 495 g/mol. The van der Waals surface area contributed by atoms with Gasteiger partial charge in [-0.2, -0.15) is 9.61 Å². The van der Waals surface area contributed by atoms with Gasteiger partial charge in [-0.25, -0.2) is 9.37 Å². The smallest absolute Gasteiger partial charge is 0.280 e. The van der Waals surface area contributed by atoms with Crippen LogP contribution in [0.15, 0.2) is 29.2 Å². The number of nitrogens with one attached hydrogen (secondary N) is 1. The van der Waals surface area contributed by atoms with Crippen molar-refractivity contribution in [1.82, 2.24) is 29.0 Å². The van der Waals surface area contributed by atoms with Crippen LogP contribution in [0.1, 0.15) is 41.5 Å².